The summed E-state index contributed by atoms with van der Waals surface area (Å²) in [4.78, 5) is 41.7. The Labute approximate surface area is 263 Å². The average Bonchev–Trinajstić information content (AvgIpc) is 3.58. The molecule has 0 aromatic heterocycles. The summed E-state index contributed by atoms with van der Waals surface area (Å²) in [5.41, 5.74) is -0.0933. The number of nitrogens with zero attached hydrogens (tertiary/aromatic N) is 3. The second-order valence-electron chi connectivity index (χ2n) is 13.4. The minimum absolute atomic E-state index is 0.00297. The average molecular weight is 623 g/mol. The molecule has 4 atom stereocenters. The summed E-state index contributed by atoms with van der Waals surface area (Å²) in [7, 11) is 6.78. The van der Waals surface area contributed by atoms with Crippen molar-refractivity contribution in [3.05, 3.63) is 35.9 Å². The summed E-state index contributed by atoms with van der Waals surface area (Å²) < 4.78 is 26.7. The number of hydrogen-bond acceptors (Lipinski definition) is 9. The van der Waals surface area contributed by atoms with Crippen LogP contribution in [0.15, 0.2) is 30.3 Å². The molecule has 1 aromatic carbocycles. The Kier molecular flexibility index (Phi) is 14.2. The number of amides is 3. The fraction of sp³-hybridized carbons (Fsp3) is 0.719. The summed E-state index contributed by atoms with van der Waals surface area (Å²) in [5, 5.41) is 3.28. The molecule has 12 nitrogen and oxygen atoms in total. The largest absolute Gasteiger partial charge is 0.445 e. The first-order valence-corrected chi connectivity index (χ1v) is 15.1. The molecule has 3 rings (SSSR count). The van der Waals surface area contributed by atoms with Crippen molar-refractivity contribution >= 4 is 18.3 Å². The SMILES string of the molecule is COC[C@H]1CN(C(=O)OCc2ccccc2)C[C@@H]1N(C)C(=O)OC(C)(C)C.COC[C@H]1CNC[C@@H]1N(C)C(=O)OC(C)(C)C. The van der Waals surface area contributed by atoms with Crippen LogP contribution in [0.3, 0.4) is 0 Å². The maximum Gasteiger partial charge on any atom is 0.410 e. The van der Waals surface area contributed by atoms with Crippen LogP contribution in [0.25, 0.3) is 0 Å². The molecule has 0 unspecified atom stereocenters. The van der Waals surface area contributed by atoms with Crippen LogP contribution >= 0.6 is 0 Å². The number of hydrogen-bond donors (Lipinski definition) is 1. The minimum Gasteiger partial charge on any atom is -0.445 e. The predicted molar refractivity (Wildman–Crippen MR) is 167 cm³/mol. The van der Waals surface area contributed by atoms with E-state index in [-0.39, 0.29) is 36.8 Å². The predicted octanol–water partition coefficient (Wildman–Crippen LogP) is 4.22. The molecule has 12 heteroatoms. The van der Waals surface area contributed by atoms with Gasteiger partial charge in [-0.05, 0) is 47.1 Å². The number of methoxy groups -OCH3 is 2. The van der Waals surface area contributed by atoms with Gasteiger partial charge in [0.1, 0.15) is 17.8 Å². The summed E-state index contributed by atoms with van der Waals surface area (Å²) in [6.45, 7) is 15.0. The Morgan fingerprint density at radius 2 is 1.32 bits per heavy atom. The fourth-order valence-corrected chi connectivity index (χ4v) is 5.13. The van der Waals surface area contributed by atoms with Crippen LogP contribution in [0.1, 0.15) is 47.1 Å². The lowest BCUT2D eigenvalue weighted by atomic mass is 10.0. The van der Waals surface area contributed by atoms with Gasteiger partial charge in [-0.1, -0.05) is 30.3 Å². The number of likely N-dealkylation sites (N-methyl/N-ethyl adjacent to an activating group) is 2. The van der Waals surface area contributed by atoms with Gasteiger partial charge < -0.3 is 43.7 Å². The molecule has 3 amide bonds. The Morgan fingerprint density at radius 3 is 1.84 bits per heavy atom. The monoisotopic (exact) mass is 622 g/mol. The van der Waals surface area contributed by atoms with Crippen LogP contribution in [0, 0.1) is 11.8 Å². The molecule has 1 N–H and O–H groups in total. The zero-order chi connectivity index (χ0) is 33.1. The van der Waals surface area contributed by atoms with Gasteiger partial charge in [0.2, 0.25) is 0 Å². The van der Waals surface area contributed by atoms with Crippen molar-refractivity contribution in [1.29, 1.82) is 0 Å². The summed E-state index contributed by atoms with van der Waals surface area (Å²) in [6, 6.07) is 9.49. The lowest BCUT2D eigenvalue weighted by Crippen LogP contribution is -2.45. The van der Waals surface area contributed by atoms with Gasteiger partial charge in [-0.25, -0.2) is 14.4 Å². The molecule has 2 saturated heterocycles. The minimum atomic E-state index is -0.574. The van der Waals surface area contributed by atoms with Crippen molar-refractivity contribution in [1.82, 2.24) is 20.0 Å². The van der Waals surface area contributed by atoms with E-state index in [4.69, 9.17) is 23.7 Å². The summed E-state index contributed by atoms with van der Waals surface area (Å²) in [5.74, 6) is 0.328. The Bertz CT molecular complexity index is 1040. The van der Waals surface area contributed by atoms with E-state index in [2.05, 4.69) is 5.32 Å². The van der Waals surface area contributed by atoms with E-state index in [0.29, 0.717) is 32.2 Å². The molecule has 1 aromatic rings. The third-order valence-electron chi connectivity index (χ3n) is 7.29. The Hall–Kier alpha value is -3.09. The van der Waals surface area contributed by atoms with E-state index in [0.717, 1.165) is 18.7 Å². The van der Waals surface area contributed by atoms with Crippen molar-refractivity contribution in [3.63, 3.8) is 0 Å². The zero-order valence-electron chi connectivity index (χ0n) is 28.3. The van der Waals surface area contributed by atoms with Crippen molar-refractivity contribution in [2.24, 2.45) is 11.8 Å². The van der Waals surface area contributed by atoms with E-state index in [1.54, 1.807) is 43.0 Å². The number of nitrogens with one attached hydrogen (secondary N) is 1. The lowest BCUT2D eigenvalue weighted by Gasteiger charge is -2.31. The highest BCUT2D eigenvalue weighted by Crippen LogP contribution is 2.24. The second kappa shape index (κ2) is 16.8. The third kappa shape index (κ3) is 12.1. The van der Waals surface area contributed by atoms with Gasteiger partial charge in [0, 0.05) is 66.3 Å². The number of benzene rings is 1. The van der Waals surface area contributed by atoms with E-state index >= 15 is 0 Å². The van der Waals surface area contributed by atoms with E-state index in [1.165, 1.54) is 0 Å². The van der Waals surface area contributed by atoms with Crippen molar-refractivity contribution in [3.8, 4) is 0 Å². The maximum absolute atomic E-state index is 12.5. The molecule has 2 fully saturated rings. The van der Waals surface area contributed by atoms with Crippen molar-refractivity contribution in [2.75, 3.05) is 67.7 Å². The van der Waals surface area contributed by atoms with Gasteiger partial charge in [-0.15, -0.1) is 0 Å². The number of carbonyl (C=O) groups is 3. The Balaban J connectivity index is 0.000000342. The molecule has 0 radical (unpaired) electrons. The number of ether oxygens (including phenoxy) is 5. The van der Waals surface area contributed by atoms with Crippen LogP contribution in [0.2, 0.25) is 0 Å². The first-order valence-electron chi connectivity index (χ1n) is 15.1. The summed E-state index contributed by atoms with van der Waals surface area (Å²) in [6.07, 6.45) is -1.07. The highest BCUT2D eigenvalue weighted by molar-refractivity contribution is 5.70. The van der Waals surface area contributed by atoms with Gasteiger partial charge in [-0.2, -0.15) is 0 Å². The van der Waals surface area contributed by atoms with E-state index in [9.17, 15) is 14.4 Å². The van der Waals surface area contributed by atoms with E-state index in [1.807, 2.05) is 71.9 Å². The topological polar surface area (TPSA) is 119 Å². The molecule has 0 aliphatic carbocycles. The highest BCUT2D eigenvalue weighted by Gasteiger charge is 2.41. The van der Waals surface area contributed by atoms with E-state index < -0.39 is 17.3 Å². The van der Waals surface area contributed by atoms with Crippen LogP contribution in [0.5, 0.6) is 0 Å². The highest BCUT2D eigenvalue weighted by atomic mass is 16.6. The lowest BCUT2D eigenvalue weighted by molar-refractivity contribution is 0.0149. The fourth-order valence-electron chi connectivity index (χ4n) is 5.13. The molecular formula is C32H54N4O8. The van der Waals surface area contributed by atoms with Crippen LogP contribution < -0.4 is 5.32 Å². The third-order valence-corrected chi connectivity index (χ3v) is 7.29. The Morgan fingerprint density at radius 1 is 0.795 bits per heavy atom. The van der Waals surface area contributed by atoms with Crippen LogP contribution in [-0.2, 0) is 30.3 Å². The first-order chi connectivity index (χ1) is 20.6. The molecule has 250 valence electrons. The second-order valence-corrected chi connectivity index (χ2v) is 13.4. The normalized spacial score (nSPS) is 21.6. The molecule has 0 spiro atoms. The number of rotatable bonds is 8. The van der Waals surface area contributed by atoms with Gasteiger partial charge in [0.05, 0.1) is 25.3 Å². The van der Waals surface area contributed by atoms with Gasteiger partial charge in [0.15, 0.2) is 0 Å². The molecule has 44 heavy (non-hydrogen) atoms. The standard InChI is InChI=1S/C20H30N2O5.C12H24N2O3/c1-20(2,3)27-18(23)21(4)17-12-22(11-16(17)14-25-5)19(24)26-13-15-9-7-6-8-10-15;1-12(2,3)17-11(15)14(4)10-7-13-6-9(10)8-16-5/h6-10,16-17H,11-14H2,1-5H3;9-10,13H,6-8H2,1-5H3/t16-,17+;9-,10+/m11/s1. The van der Waals surface area contributed by atoms with Gasteiger partial charge in [-0.3, -0.25) is 0 Å². The smallest absolute Gasteiger partial charge is 0.410 e. The first kappa shape index (κ1) is 37.1. The zero-order valence-corrected chi connectivity index (χ0v) is 28.3. The molecule has 2 aliphatic rings. The maximum atomic E-state index is 12.5. The van der Waals surface area contributed by atoms with Gasteiger partial charge in [0.25, 0.3) is 0 Å². The van der Waals surface area contributed by atoms with Gasteiger partial charge >= 0.3 is 18.3 Å². The van der Waals surface area contributed by atoms with Crippen LogP contribution in [0.4, 0.5) is 14.4 Å². The van der Waals surface area contributed by atoms with Crippen molar-refractivity contribution in [2.45, 2.75) is 71.4 Å². The summed E-state index contributed by atoms with van der Waals surface area (Å²) >= 11 is 0. The molecule has 0 bridgehead atoms. The number of likely N-dealkylation sites (tertiary alicyclic amines) is 1. The quantitative estimate of drug-likeness (QED) is 0.425. The van der Waals surface area contributed by atoms with Crippen LogP contribution in [-0.4, -0.2) is 124 Å². The molecular weight excluding hydrogens is 568 g/mol. The number of carbonyl (C=O) groups excluding carboxylic acids is 3. The van der Waals surface area contributed by atoms with Crippen molar-refractivity contribution < 1.29 is 38.1 Å². The molecule has 2 aliphatic heterocycles. The molecule has 0 saturated carbocycles. The molecule has 2 heterocycles.